The highest BCUT2D eigenvalue weighted by Gasteiger charge is 2.22. The quantitative estimate of drug-likeness (QED) is 0.747. The van der Waals surface area contributed by atoms with E-state index < -0.39 is 17.9 Å². The van der Waals surface area contributed by atoms with Gasteiger partial charge < -0.3 is 14.8 Å². The summed E-state index contributed by atoms with van der Waals surface area (Å²) in [6.07, 6.45) is 0.317. The molecule has 1 amide bonds. The fourth-order valence-electron chi connectivity index (χ4n) is 2.16. The number of ether oxygens (including phenoxy) is 2. The van der Waals surface area contributed by atoms with Crippen molar-refractivity contribution < 1.29 is 19.1 Å². The minimum Gasteiger partial charge on any atom is -0.482 e. The minimum atomic E-state index is -0.807. The molecule has 5 nitrogen and oxygen atoms in total. The van der Waals surface area contributed by atoms with Crippen LogP contribution in [0.15, 0.2) is 48.5 Å². The Morgan fingerprint density at radius 2 is 1.80 bits per heavy atom. The number of benzene rings is 2. The second kappa shape index (κ2) is 9.30. The molecule has 7 heteroatoms. The van der Waals surface area contributed by atoms with Gasteiger partial charge >= 0.3 is 5.97 Å². The van der Waals surface area contributed by atoms with Gasteiger partial charge in [-0.15, -0.1) is 0 Å². The van der Waals surface area contributed by atoms with Crippen LogP contribution in [0.5, 0.6) is 5.75 Å². The maximum absolute atomic E-state index is 12.1. The monoisotopic (exact) mass is 381 g/mol. The molecule has 0 bridgehead atoms. The number of hydrogen-bond donors (Lipinski definition) is 1. The predicted molar refractivity (Wildman–Crippen MR) is 96.0 cm³/mol. The van der Waals surface area contributed by atoms with Crippen molar-refractivity contribution in [2.45, 2.75) is 12.5 Å². The van der Waals surface area contributed by atoms with Crippen LogP contribution in [0, 0.1) is 0 Å². The first kappa shape index (κ1) is 19.1. The highest BCUT2D eigenvalue weighted by Crippen LogP contribution is 2.31. The van der Waals surface area contributed by atoms with Crippen LogP contribution in [-0.2, 0) is 20.7 Å². The number of esters is 1. The Hall–Kier alpha value is -2.24. The first-order valence-electron chi connectivity index (χ1n) is 7.49. The molecule has 0 radical (unpaired) electrons. The van der Waals surface area contributed by atoms with Crippen LogP contribution < -0.4 is 10.1 Å². The molecule has 0 aromatic heterocycles. The largest absolute Gasteiger partial charge is 0.482 e. The zero-order valence-corrected chi connectivity index (χ0v) is 15.0. The van der Waals surface area contributed by atoms with Gasteiger partial charge in [-0.1, -0.05) is 59.6 Å². The van der Waals surface area contributed by atoms with E-state index in [1.54, 1.807) is 18.2 Å². The van der Waals surface area contributed by atoms with Crippen molar-refractivity contribution in [3.05, 3.63) is 64.1 Å². The standard InChI is InChI=1S/C18H17Cl2NO4/c1-24-18(23)14(10-12-6-3-2-4-7-12)21-16(22)11-25-15-9-5-8-13(19)17(15)20/h2-9,14H,10-11H2,1H3,(H,21,22)/t14-/m0/s1. The third-order valence-corrected chi connectivity index (χ3v) is 4.18. The van der Waals surface area contributed by atoms with Gasteiger partial charge in [0.1, 0.15) is 16.8 Å². The number of halogens is 2. The van der Waals surface area contributed by atoms with E-state index in [1.807, 2.05) is 30.3 Å². The lowest BCUT2D eigenvalue weighted by Crippen LogP contribution is -2.44. The maximum atomic E-state index is 12.1. The van der Waals surface area contributed by atoms with Crippen LogP contribution in [0.3, 0.4) is 0 Å². The maximum Gasteiger partial charge on any atom is 0.328 e. The van der Waals surface area contributed by atoms with E-state index in [2.05, 4.69) is 5.32 Å². The van der Waals surface area contributed by atoms with Crippen molar-refractivity contribution in [3.63, 3.8) is 0 Å². The van der Waals surface area contributed by atoms with Gasteiger partial charge in [0.05, 0.1) is 12.1 Å². The highest BCUT2D eigenvalue weighted by molar-refractivity contribution is 6.42. The second-order valence-electron chi connectivity index (χ2n) is 5.17. The van der Waals surface area contributed by atoms with Crippen LogP contribution in [0.25, 0.3) is 0 Å². The SMILES string of the molecule is COC(=O)[C@H](Cc1ccccc1)NC(=O)COc1cccc(Cl)c1Cl. The molecule has 0 unspecified atom stereocenters. The van der Waals surface area contributed by atoms with Gasteiger partial charge in [-0.3, -0.25) is 4.79 Å². The molecule has 0 fully saturated rings. The third kappa shape index (κ3) is 5.66. The average molecular weight is 382 g/mol. The molecule has 0 saturated heterocycles. The molecule has 132 valence electrons. The molecular formula is C18H17Cl2NO4. The van der Waals surface area contributed by atoms with E-state index in [4.69, 9.17) is 32.7 Å². The van der Waals surface area contributed by atoms with Gasteiger partial charge in [-0.05, 0) is 17.7 Å². The zero-order chi connectivity index (χ0) is 18.2. The second-order valence-corrected chi connectivity index (χ2v) is 5.96. The van der Waals surface area contributed by atoms with Crippen molar-refractivity contribution in [2.24, 2.45) is 0 Å². The Kier molecular flexibility index (Phi) is 7.10. The summed E-state index contributed by atoms with van der Waals surface area (Å²) >= 11 is 11.9. The molecule has 0 aliphatic carbocycles. The Morgan fingerprint density at radius 3 is 2.48 bits per heavy atom. The minimum absolute atomic E-state index is 0.228. The van der Waals surface area contributed by atoms with Gasteiger partial charge in [0.25, 0.3) is 5.91 Å². The average Bonchev–Trinajstić information content (AvgIpc) is 2.62. The molecule has 0 saturated carbocycles. The predicted octanol–water partition coefficient (Wildman–Crippen LogP) is 3.27. The molecule has 0 heterocycles. The molecule has 2 aromatic rings. The molecular weight excluding hydrogens is 365 g/mol. The van der Waals surface area contributed by atoms with E-state index in [1.165, 1.54) is 7.11 Å². The molecule has 0 spiro atoms. The lowest BCUT2D eigenvalue weighted by molar-refractivity contribution is -0.145. The first-order chi connectivity index (χ1) is 12.0. The lowest BCUT2D eigenvalue weighted by Gasteiger charge is -2.17. The van der Waals surface area contributed by atoms with Crippen molar-refractivity contribution in [1.29, 1.82) is 0 Å². The summed E-state index contributed by atoms with van der Waals surface area (Å²) in [4.78, 5) is 24.0. The van der Waals surface area contributed by atoms with E-state index in [0.29, 0.717) is 17.2 Å². The highest BCUT2D eigenvalue weighted by atomic mass is 35.5. The fraction of sp³-hybridized carbons (Fsp3) is 0.222. The van der Waals surface area contributed by atoms with Gasteiger partial charge in [0.15, 0.2) is 6.61 Å². The summed E-state index contributed by atoms with van der Waals surface area (Å²) in [5, 5.41) is 3.16. The van der Waals surface area contributed by atoms with E-state index in [0.717, 1.165) is 5.56 Å². The van der Waals surface area contributed by atoms with Crippen LogP contribution in [0.2, 0.25) is 10.0 Å². The van der Waals surface area contributed by atoms with Crippen molar-refractivity contribution in [2.75, 3.05) is 13.7 Å². The summed E-state index contributed by atoms with van der Waals surface area (Å²) < 4.78 is 10.1. The van der Waals surface area contributed by atoms with E-state index in [9.17, 15) is 9.59 Å². The smallest absolute Gasteiger partial charge is 0.328 e. The van der Waals surface area contributed by atoms with Gasteiger partial charge in [-0.2, -0.15) is 0 Å². The first-order valence-corrected chi connectivity index (χ1v) is 8.24. The van der Waals surface area contributed by atoms with Crippen molar-refractivity contribution in [3.8, 4) is 5.75 Å². The number of rotatable bonds is 7. The molecule has 2 aromatic carbocycles. The van der Waals surface area contributed by atoms with Gasteiger partial charge in [-0.25, -0.2) is 4.79 Å². The van der Waals surface area contributed by atoms with Crippen molar-refractivity contribution >= 4 is 35.1 Å². The molecule has 0 aliphatic rings. The number of carbonyl (C=O) groups excluding carboxylic acids is 2. The molecule has 25 heavy (non-hydrogen) atoms. The number of carbonyl (C=O) groups is 2. The summed E-state index contributed by atoms with van der Waals surface area (Å²) in [5.41, 5.74) is 0.900. The molecule has 2 rings (SSSR count). The third-order valence-electron chi connectivity index (χ3n) is 3.38. The number of hydrogen-bond acceptors (Lipinski definition) is 4. The van der Waals surface area contributed by atoms with Crippen LogP contribution in [0.4, 0.5) is 0 Å². The van der Waals surface area contributed by atoms with E-state index >= 15 is 0 Å². The Labute approximate surface area is 155 Å². The summed E-state index contributed by atoms with van der Waals surface area (Å²) in [5.74, 6) is -0.706. The Balaban J connectivity index is 1.97. The molecule has 1 atom stereocenters. The van der Waals surface area contributed by atoms with Crippen molar-refractivity contribution in [1.82, 2.24) is 5.32 Å². The molecule has 1 N–H and O–H groups in total. The van der Waals surface area contributed by atoms with Gasteiger partial charge in [0, 0.05) is 6.42 Å². The topological polar surface area (TPSA) is 64.6 Å². The zero-order valence-electron chi connectivity index (χ0n) is 13.5. The summed E-state index contributed by atoms with van der Waals surface area (Å²) in [7, 11) is 1.27. The Morgan fingerprint density at radius 1 is 1.08 bits per heavy atom. The van der Waals surface area contributed by atoms with Crippen LogP contribution >= 0.6 is 23.2 Å². The fourth-order valence-corrected chi connectivity index (χ4v) is 2.51. The summed E-state index contributed by atoms with van der Waals surface area (Å²) in [6.45, 7) is -0.303. The van der Waals surface area contributed by atoms with E-state index in [-0.39, 0.29) is 11.6 Å². The lowest BCUT2D eigenvalue weighted by atomic mass is 10.1. The number of amides is 1. The molecule has 0 aliphatic heterocycles. The summed E-state index contributed by atoms with van der Waals surface area (Å²) in [6, 6.07) is 13.4. The number of nitrogens with one attached hydrogen (secondary N) is 1. The van der Waals surface area contributed by atoms with Gasteiger partial charge in [0.2, 0.25) is 0 Å². The number of methoxy groups -OCH3 is 1. The Bertz CT molecular complexity index is 737. The van der Waals surface area contributed by atoms with Crippen LogP contribution in [-0.4, -0.2) is 31.6 Å². The normalized spacial score (nSPS) is 11.5. The van der Waals surface area contributed by atoms with Crippen LogP contribution in [0.1, 0.15) is 5.56 Å².